The molecule has 4 nitrogen and oxygen atoms in total. The number of hydrogen-bond acceptors (Lipinski definition) is 3. The van der Waals surface area contributed by atoms with Gasteiger partial charge in [0.25, 0.3) is 5.56 Å². The molecule has 0 amide bonds. The SMILES string of the molecule is Cc1c[nH]c(=O)c2ccc(OC3CCN(Cc4ccccc4)CC3)cc12. The number of benzene rings is 2. The lowest BCUT2D eigenvalue weighted by Gasteiger charge is -2.32. The topological polar surface area (TPSA) is 45.3 Å². The zero-order chi connectivity index (χ0) is 17.9. The molecule has 1 fully saturated rings. The standard InChI is InChI=1S/C22H24N2O2/c1-16-14-23-22(25)20-8-7-19(13-21(16)20)26-18-9-11-24(12-10-18)15-17-5-3-2-4-6-17/h2-8,13-14,18H,9-12,15H2,1H3,(H,23,25). The van der Waals surface area contributed by atoms with E-state index in [0.29, 0.717) is 0 Å². The van der Waals surface area contributed by atoms with Crippen molar-refractivity contribution in [3.63, 3.8) is 0 Å². The molecule has 1 aliphatic rings. The Labute approximate surface area is 153 Å². The van der Waals surface area contributed by atoms with Crippen LogP contribution < -0.4 is 10.3 Å². The largest absolute Gasteiger partial charge is 0.490 e. The first-order chi connectivity index (χ1) is 12.7. The predicted octanol–water partition coefficient (Wildman–Crippen LogP) is 3.88. The van der Waals surface area contributed by atoms with Crippen molar-refractivity contribution in [1.29, 1.82) is 0 Å². The van der Waals surface area contributed by atoms with Gasteiger partial charge in [-0.05, 0) is 54.5 Å². The first-order valence-electron chi connectivity index (χ1n) is 9.24. The molecule has 0 saturated carbocycles. The lowest BCUT2D eigenvalue weighted by molar-refractivity contribution is 0.0969. The first-order valence-corrected chi connectivity index (χ1v) is 9.24. The average molecular weight is 348 g/mol. The molecular formula is C22H24N2O2. The number of H-pyrrole nitrogens is 1. The van der Waals surface area contributed by atoms with Crippen molar-refractivity contribution in [2.75, 3.05) is 13.1 Å². The van der Waals surface area contributed by atoms with Gasteiger partial charge in [-0.2, -0.15) is 0 Å². The Bertz CT molecular complexity index is 941. The van der Waals surface area contributed by atoms with Crippen LogP contribution in [0.1, 0.15) is 24.0 Å². The van der Waals surface area contributed by atoms with Gasteiger partial charge in [0.1, 0.15) is 11.9 Å². The van der Waals surface area contributed by atoms with Gasteiger partial charge in [0, 0.05) is 31.2 Å². The molecular weight excluding hydrogens is 324 g/mol. The monoisotopic (exact) mass is 348 g/mol. The summed E-state index contributed by atoms with van der Waals surface area (Å²) < 4.78 is 6.22. The molecule has 26 heavy (non-hydrogen) atoms. The minimum Gasteiger partial charge on any atom is -0.490 e. The van der Waals surface area contributed by atoms with Gasteiger partial charge in [0.05, 0.1) is 0 Å². The Balaban J connectivity index is 1.39. The van der Waals surface area contributed by atoms with Gasteiger partial charge < -0.3 is 9.72 Å². The van der Waals surface area contributed by atoms with E-state index in [9.17, 15) is 4.79 Å². The molecule has 0 aliphatic carbocycles. The highest BCUT2D eigenvalue weighted by molar-refractivity contribution is 5.85. The Morgan fingerprint density at radius 2 is 1.85 bits per heavy atom. The maximum Gasteiger partial charge on any atom is 0.255 e. The number of rotatable bonds is 4. The lowest BCUT2D eigenvalue weighted by Crippen LogP contribution is -2.37. The van der Waals surface area contributed by atoms with Crippen LogP contribution in [-0.2, 0) is 6.54 Å². The van der Waals surface area contributed by atoms with Crippen molar-refractivity contribution >= 4 is 10.8 Å². The summed E-state index contributed by atoms with van der Waals surface area (Å²) in [5, 5.41) is 1.68. The van der Waals surface area contributed by atoms with Gasteiger partial charge in [0.2, 0.25) is 0 Å². The molecule has 3 aromatic rings. The van der Waals surface area contributed by atoms with E-state index in [0.717, 1.165) is 54.6 Å². The van der Waals surface area contributed by atoms with E-state index in [1.807, 2.05) is 25.1 Å². The van der Waals surface area contributed by atoms with Crippen molar-refractivity contribution in [3.8, 4) is 5.75 Å². The molecule has 4 rings (SSSR count). The number of aromatic nitrogens is 1. The molecule has 1 saturated heterocycles. The van der Waals surface area contributed by atoms with Crippen LogP contribution in [0.2, 0.25) is 0 Å². The summed E-state index contributed by atoms with van der Waals surface area (Å²) in [6.45, 7) is 5.10. The molecule has 2 aromatic carbocycles. The van der Waals surface area contributed by atoms with Crippen LogP contribution in [0.25, 0.3) is 10.8 Å². The highest BCUT2D eigenvalue weighted by Gasteiger charge is 2.20. The molecule has 0 spiro atoms. The highest BCUT2D eigenvalue weighted by Crippen LogP contribution is 2.24. The maximum absolute atomic E-state index is 11.9. The van der Waals surface area contributed by atoms with Gasteiger partial charge in [-0.1, -0.05) is 30.3 Å². The summed E-state index contributed by atoms with van der Waals surface area (Å²) >= 11 is 0. The van der Waals surface area contributed by atoms with Gasteiger partial charge in [-0.3, -0.25) is 9.69 Å². The number of piperidine rings is 1. The van der Waals surface area contributed by atoms with Crippen molar-refractivity contribution in [2.45, 2.75) is 32.4 Å². The summed E-state index contributed by atoms with van der Waals surface area (Å²) in [5.41, 5.74) is 2.37. The Kier molecular flexibility index (Phi) is 4.76. The Morgan fingerprint density at radius 1 is 1.08 bits per heavy atom. The Hall–Kier alpha value is -2.59. The summed E-state index contributed by atoms with van der Waals surface area (Å²) in [5.74, 6) is 0.854. The van der Waals surface area contributed by atoms with E-state index >= 15 is 0 Å². The number of ether oxygens (including phenoxy) is 1. The fourth-order valence-electron chi connectivity index (χ4n) is 3.67. The molecule has 0 radical (unpaired) electrons. The third kappa shape index (κ3) is 3.65. The van der Waals surface area contributed by atoms with Crippen LogP contribution in [0.15, 0.2) is 59.5 Å². The van der Waals surface area contributed by atoms with Crippen LogP contribution >= 0.6 is 0 Å². The van der Waals surface area contributed by atoms with Crippen molar-refractivity contribution < 1.29 is 4.74 Å². The van der Waals surface area contributed by atoms with Gasteiger partial charge in [-0.15, -0.1) is 0 Å². The van der Waals surface area contributed by atoms with E-state index in [1.54, 1.807) is 6.20 Å². The second-order valence-electron chi connectivity index (χ2n) is 7.09. The third-order valence-electron chi connectivity index (χ3n) is 5.17. The van der Waals surface area contributed by atoms with Crippen LogP contribution in [0, 0.1) is 6.92 Å². The Morgan fingerprint density at radius 3 is 2.62 bits per heavy atom. The first kappa shape index (κ1) is 16.9. The number of hydrogen-bond donors (Lipinski definition) is 1. The van der Waals surface area contributed by atoms with E-state index in [2.05, 4.69) is 40.2 Å². The van der Waals surface area contributed by atoms with Crippen LogP contribution in [-0.4, -0.2) is 29.1 Å². The van der Waals surface area contributed by atoms with E-state index in [4.69, 9.17) is 4.74 Å². The lowest BCUT2D eigenvalue weighted by atomic mass is 10.1. The number of aryl methyl sites for hydroxylation is 1. The van der Waals surface area contributed by atoms with Crippen molar-refractivity contribution in [1.82, 2.24) is 9.88 Å². The van der Waals surface area contributed by atoms with Crippen molar-refractivity contribution in [3.05, 3.63) is 76.2 Å². The molecule has 134 valence electrons. The molecule has 0 bridgehead atoms. The maximum atomic E-state index is 11.9. The fourth-order valence-corrected chi connectivity index (χ4v) is 3.67. The zero-order valence-electron chi connectivity index (χ0n) is 15.1. The molecule has 2 heterocycles. The smallest absolute Gasteiger partial charge is 0.255 e. The molecule has 1 aliphatic heterocycles. The molecule has 1 aromatic heterocycles. The molecule has 0 unspecified atom stereocenters. The number of likely N-dealkylation sites (tertiary alicyclic amines) is 1. The second-order valence-corrected chi connectivity index (χ2v) is 7.09. The molecule has 0 atom stereocenters. The molecule has 4 heteroatoms. The predicted molar refractivity (Wildman–Crippen MR) is 105 cm³/mol. The second kappa shape index (κ2) is 7.34. The van der Waals surface area contributed by atoms with Crippen LogP contribution in [0.5, 0.6) is 5.75 Å². The van der Waals surface area contributed by atoms with Crippen LogP contribution in [0.3, 0.4) is 0 Å². The average Bonchev–Trinajstić information content (AvgIpc) is 2.67. The zero-order valence-corrected chi connectivity index (χ0v) is 15.1. The van der Waals surface area contributed by atoms with Gasteiger partial charge in [0.15, 0.2) is 0 Å². The third-order valence-corrected chi connectivity index (χ3v) is 5.17. The minimum atomic E-state index is -0.0497. The summed E-state index contributed by atoms with van der Waals surface area (Å²) in [7, 11) is 0. The van der Waals surface area contributed by atoms with Crippen molar-refractivity contribution in [2.24, 2.45) is 0 Å². The van der Waals surface area contributed by atoms with E-state index < -0.39 is 0 Å². The molecule has 1 N–H and O–H groups in total. The number of aromatic amines is 1. The minimum absolute atomic E-state index is 0.0497. The van der Waals surface area contributed by atoms with Gasteiger partial charge >= 0.3 is 0 Å². The quantitative estimate of drug-likeness (QED) is 0.778. The van der Waals surface area contributed by atoms with E-state index in [-0.39, 0.29) is 11.7 Å². The normalized spacial score (nSPS) is 16.0. The number of nitrogens with zero attached hydrogens (tertiary/aromatic N) is 1. The number of nitrogens with one attached hydrogen (secondary N) is 1. The van der Waals surface area contributed by atoms with E-state index in [1.165, 1.54) is 5.56 Å². The fraction of sp³-hybridized carbons (Fsp3) is 0.318. The summed E-state index contributed by atoms with van der Waals surface area (Å²) in [6, 6.07) is 16.4. The number of pyridine rings is 1. The van der Waals surface area contributed by atoms with Crippen LogP contribution in [0.4, 0.5) is 0 Å². The summed E-state index contributed by atoms with van der Waals surface area (Å²) in [4.78, 5) is 17.2. The number of fused-ring (bicyclic) bond motifs is 1. The van der Waals surface area contributed by atoms with Gasteiger partial charge in [-0.25, -0.2) is 0 Å². The summed E-state index contributed by atoms with van der Waals surface area (Å²) in [6.07, 6.45) is 4.05. The highest BCUT2D eigenvalue weighted by atomic mass is 16.5.